The second-order valence-electron chi connectivity index (χ2n) is 5.74. The van der Waals surface area contributed by atoms with Crippen molar-refractivity contribution >= 4 is 11.8 Å². The number of ether oxygens (including phenoxy) is 1. The number of carbonyl (C=O) groups excluding carboxylic acids is 1. The zero-order chi connectivity index (χ0) is 14.2. The number of rotatable bonds is 4. The van der Waals surface area contributed by atoms with Gasteiger partial charge in [-0.05, 0) is 33.1 Å². The number of carbonyl (C=O) groups is 1. The molecule has 1 heterocycles. The molecule has 2 aliphatic carbocycles. The molecule has 20 heavy (non-hydrogen) atoms. The number of aromatic nitrogens is 1. The molecule has 1 aromatic rings. The van der Waals surface area contributed by atoms with Crippen LogP contribution in [0.15, 0.2) is 10.6 Å². The van der Waals surface area contributed by atoms with Crippen molar-refractivity contribution in [2.24, 2.45) is 5.41 Å². The van der Waals surface area contributed by atoms with Crippen LogP contribution in [0, 0.1) is 12.3 Å². The summed E-state index contributed by atoms with van der Waals surface area (Å²) in [5.41, 5.74) is 0.174. The lowest BCUT2D eigenvalue weighted by Crippen LogP contribution is -2.68. The maximum absolute atomic E-state index is 12.0. The van der Waals surface area contributed by atoms with Crippen molar-refractivity contribution in [2.45, 2.75) is 51.7 Å². The number of urea groups is 1. The highest BCUT2D eigenvalue weighted by atomic mass is 16.5. The minimum absolute atomic E-state index is 0.174. The molecule has 2 fully saturated rings. The van der Waals surface area contributed by atoms with Crippen LogP contribution >= 0.6 is 0 Å². The number of nitrogens with one attached hydrogen (secondary N) is 2. The lowest BCUT2D eigenvalue weighted by molar-refractivity contribution is -0.169. The van der Waals surface area contributed by atoms with Crippen molar-refractivity contribution in [1.82, 2.24) is 10.5 Å². The molecule has 0 unspecified atom stereocenters. The molecule has 2 amide bonds. The Morgan fingerprint density at radius 3 is 2.95 bits per heavy atom. The molecule has 6 heteroatoms. The van der Waals surface area contributed by atoms with Crippen LogP contribution in [0.1, 0.15) is 38.4 Å². The van der Waals surface area contributed by atoms with E-state index in [4.69, 9.17) is 9.26 Å². The first-order valence-electron chi connectivity index (χ1n) is 7.26. The van der Waals surface area contributed by atoms with Gasteiger partial charge in [0.15, 0.2) is 5.82 Å². The summed E-state index contributed by atoms with van der Waals surface area (Å²) >= 11 is 0. The average Bonchev–Trinajstić information content (AvgIpc) is 2.71. The average molecular weight is 279 g/mol. The number of nitrogens with zero attached hydrogens (tertiary/aromatic N) is 1. The largest absolute Gasteiger partial charge is 0.378 e. The van der Waals surface area contributed by atoms with Gasteiger partial charge in [0.05, 0.1) is 6.10 Å². The molecule has 3 rings (SSSR count). The highest BCUT2D eigenvalue weighted by Crippen LogP contribution is 2.57. The molecule has 0 aromatic carbocycles. The maximum atomic E-state index is 12.0. The van der Waals surface area contributed by atoms with Crippen LogP contribution in [0.25, 0.3) is 0 Å². The smallest absolute Gasteiger partial charge is 0.320 e. The predicted octanol–water partition coefficient (Wildman–Crippen LogP) is 2.45. The highest BCUT2D eigenvalue weighted by Gasteiger charge is 2.59. The number of aryl methyl sites for hydroxylation is 1. The van der Waals surface area contributed by atoms with Crippen LogP contribution in [0.2, 0.25) is 0 Å². The molecule has 2 aliphatic rings. The molecule has 1 aromatic heterocycles. The molecular formula is C14H21N3O3. The molecular weight excluding hydrogens is 258 g/mol. The van der Waals surface area contributed by atoms with Gasteiger partial charge in [-0.3, -0.25) is 5.32 Å². The van der Waals surface area contributed by atoms with Gasteiger partial charge in [-0.25, -0.2) is 4.79 Å². The summed E-state index contributed by atoms with van der Waals surface area (Å²) in [6.45, 7) is 4.55. The molecule has 2 atom stereocenters. The molecule has 0 aliphatic heterocycles. The van der Waals surface area contributed by atoms with Crippen molar-refractivity contribution in [2.75, 3.05) is 11.9 Å². The van der Waals surface area contributed by atoms with Crippen LogP contribution in [0.3, 0.4) is 0 Å². The van der Waals surface area contributed by atoms with Gasteiger partial charge in [-0.2, -0.15) is 0 Å². The van der Waals surface area contributed by atoms with Crippen LogP contribution < -0.4 is 10.6 Å². The van der Waals surface area contributed by atoms with Crippen molar-refractivity contribution in [3.05, 3.63) is 11.8 Å². The normalized spacial score (nSPS) is 26.7. The lowest BCUT2D eigenvalue weighted by atomic mass is 9.51. The Bertz CT molecular complexity index is 496. The first-order chi connectivity index (χ1) is 9.64. The summed E-state index contributed by atoms with van der Waals surface area (Å²) < 4.78 is 10.7. The monoisotopic (exact) mass is 279 g/mol. The molecule has 0 radical (unpaired) electrons. The summed E-state index contributed by atoms with van der Waals surface area (Å²) in [5, 5.41) is 9.49. The highest BCUT2D eigenvalue weighted by molar-refractivity contribution is 5.88. The van der Waals surface area contributed by atoms with E-state index < -0.39 is 0 Å². The number of amides is 2. The predicted molar refractivity (Wildman–Crippen MR) is 73.5 cm³/mol. The van der Waals surface area contributed by atoms with Crippen molar-refractivity contribution < 1.29 is 14.1 Å². The molecule has 1 spiro atoms. The zero-order valence-electron chi connectivity index (χ0n) is 11.9. The van der Waals surface area contributed by atoms with E-state index in [2.05, 4.69) is 15.8 Å². The molecule has 2 N–H and O–H groups in total. The Morgan fingerprint density at radius 2 is 2.40 bits per heavy atom. The van der Waals surface area contributed by atoms with E-state index in [0.717, 1.165) is 25.9 Å². The SMILES string of the molecule is CCO[C@H]1C[C@H](NC(=O)Nc2cc(C)on2)C12CCC2. The van der Waals surface area contributed by atoms with E-state index in [1.807, 2.05) is 6.92 Å². The van der Waals surface area contributed by atoms with Gasteiger partial charge in [0.2, 0.25) is 0 Å². The summed E-state index contributed by atoms with van der Waals surface area (Å²) in [5.74, 6) is 1.12. The van der Waals surface area contributed by atoms with Crippen LogP contribution in [0.5, 0.6) is 0 Å². The first-order valence-corrected chi connectivity index (χ1v) is 7.26. The quantitative estimate of drug-likeness (QED) is 0.887. The molecule has 0 bridgehead atoms. The fourth-order valence-corrected chi connectivity index (χ4v) is 3.38. The summed E-state index contributed by atoms with van der Waals surface area (Å²) in [4.78, 5) is 12.0. The van der Waals surface area contributed by atoms with E-state index in [1.165, 1.54) is 6.42 Å². The van der Waals surface area contributed by atoms with E-state index in [9.17, 15) is 4.79 Å². The van der Waals surface area contributed by atoms with Crippen molar-refractivity contribution in [3.8, 4) is 0 Å². The minimum Gasteiger partial charge on any atom is -0.378 e. The van der Waals surface area contributed by atoms with Crippen LogP contribution in [-0.4, -0.2) is 29.9 Å². The summed E-state index contributed by atoms with van der Waals surface area (Å²) in [6.07, 6.45) is 4.73. The third-order valence-electron chi connectivity index (χ3n) is 4.61. The molecule has 110 valence electrons. The van der Waals surface area contributed by atoms with Gasteiger partial charge in [0.1, 0.15) is 5.76 Å². The molecule has 0 saturated heterocycles. The Morgan fingerprint density at radius 1 is 1.60 bits per heavy atom. The van der Waals surface area contributed by atoms with E-state index in [0.29, 0.717) is 17.7 Å². The Balaban J connectivity index is 1.54. The second kappa shape index (κ2) is 5.09. The van der Waals surface area contributed by atoms with E-state index >= 15 is 0 Å². The minimum atomic E-state index is -0.218. The van der Waals surface area contributed by atoms with Gasteiger partial charge in [-0.1, -0.05) is 11.6 Å². The van der Waals surface area contributed by atoms with Crippen LogP contribution in [0.4, 0.5) is 10.6 Å². The van der Waals surface area contributed by atoms with Gasteiger partial charge in [0, 0.05) is 24.1 Å². The Hall–Kier alpha value is -1.56. The van der Waals surface area contributed by atoms with Gasteiger partial charge >= 0.3 is 6.03 Å². The maximum Gasteiger partial charge on any atom is 0.320 e. The third kappa shape index (κ3) is 2.18. The number of hydrogen-bond acceptors (Lipinski definition) is 4. The van der Waals surface area contributed by atoms with Crippen LogP contribution in [-0.2, 0) is 4.74 Å². The van der Waals surface area contributed by atoms with Gasteiger partial charge < -0.3 is 14.6 Å². The molecule has 2 saturated carbocycles. The second-order valence-corrected chi connectivity index (χ2v) is 5.74. The van der Waals surface area contributed by atoms with Gasteiger partial charge in [-0.15, -0.1) is 0 Å². The third-order valence-corrected chi connectivity index (χ3v) is 4.61. The van der Waals surface area contributed by atoms with Crippen molar-refractivity contribution in [3.63, 3.8) is 0 Å². The fraction of sp³-hybridized carbons (Fsp3) is 0.714. The number of anilines is 1. The fourth-order valence-electron chi connectivity index (χ4n) is 3.38. The Labute approximate surface area is 118 Å². The number of hydrogen-bond donors (Lipinski definition) is 2. The summed E-state index contributed by atoms with van der Waals surface area (Å²) in [6, 6.07) is 1.69. The van der Waals surface area contributed by atoms with Crippen molar-refractivity contribution in [1.29, 1.82) is 0 Å². The van der Waals surface area contributed by atoms with E-state index in [1.54, 1.807) is 13.0 Å². The first kappa shape index (κ1) is 13.4. The van der Waals surface area contributed by atoms with E-state index in [-0.39, 0.29) is 17.5 Å². The lowest BCUT2D eigenvalue weighted by Gasteiger charge is -2.60. The molecule has 6 nitrogen and oxygen atoms in total. The Kier molecular flexibility index (Phi) is 3.41. The topological polar surface area (TPSA) is 76.4 Å². The van der Waals surface area contributed by atoms with Gasteiger partial charge in [0.25, 0.3) is 0 Å². The zero-order valence-corrected chi connectivity index (χ0v) is 11.9. The summed E-state index contributed by atoms with van der Waals surface area (Å²) in [7, 11) is 0. The standard InChI is InChI=1S/C14H21N3O3/c1-3-19-11-8-10(14(11)5-4-6-14)15-13(18)16-12-7-9(2)20-17-12/h7,10-11H,3-6,8H2,1-2H3,(H2,15,16,17,18)/t10-,11-/m0/s1.